The fraction of sp³-hybridized carbons (Fsp3) is 0.875. The average molecular weight is 1580 g/mol. The zero-order valence-electron chi connectivity index (χ0n) is 60.8. The minimum atomic E-state index is -5.74. The lowest BCUT2D eigenvalue weighted by atomic mass is 9.89. The molecule has 4 atom stereocenters. The van der Waals surface area contributed by atoms with E-state index in [9.17, 15) is 144 Å². The van der Waals surface area contributed by atoms with Crippen LogP contribution in [-0.2, 0) is 76.3 Å². The van der Waals surface area contributed by atoms with Gasteiger partial charge < -0.3 is 37.9 Å². The third kappa shape index (κ3) is 43.0. The fourth-order valence-corrected chi connectivity index (χ4v) is 7.36. The first-order valence-corrected chi connectivity index (χ1v) is 32.4. The van der Waals surface area contributed by atoms with Crippen molar-refractivity contribution in [3.05, 3.63) is 0 Å². The third-order valence-electron chi connectivity index (χ3n) is 15.7. The van der Waals surface area contributed by atoms with Crippen molar-refractivity contribution in [1.82, 2.24) is 0 Å². The predicted molar refractivity (Wildman–Crippen MR) is 320 cm³/mol. The van der Waals surface area contributed by atoms with E-state index in [1.807, 2.05) is 0 Å². The molecule has 40 heteroatoms. The van der Waals surface area contributed by atoms with Gasteiger partial charge in [-0.05, 0) is 159 Å². The smallest absolute Gasteiger partial charge is 0.434 e. The molecule has 0 aromatic rings. The highest BCUT2D eigenvalue weighted by Gasteiger charge is 2.63. The summed E-state index contributed by atoms with van der Waals surface area (Å²) in [6.45, 7) is 30.0. The average Bonchev–Trinajstić information content (AvgIpc) is 0.844. The normalized spacial score (nSPS) is 14.9. The van der Waals surface area contributed by atoms with E-state index in [-0.39, 0.29) is 63.2 Å². The molecule has 16 nitrogen and oxygen atoms in total. The van der Waals surface area contributed by atoms with Crippen LogP contribution in [0.25, 0.3) is 0 Å². The Kier molecular flexibility index (Phi) is 42.2. The van der Waals surface area contributed by atoms with Gasteiger partial charge in [0.25, 0.3) is 24.4 Å². The molecule has 0 aliphatic heterocycles. The van der Waals surface area contributed by atoms with Crippen LogP contribution in [0.2, 0.25) is 0 Å². The van der Waals surface area contributed by atoms with Crippen molar-refractivity contribution in [1.29, 1.82) is 0 Å². The minimum absolute atomic E-state index is 0.0658. The molecule has 0 saturated carbocycles. The highest BCUT2D eigenvalue weighted by Crippen LogP contribution is 2.41. The van der Waals surface area contributed by atoms with Crippen LogP contribution < -0.4 is 0 Å². The monoisotopic (exact) mass is 1580 g/mol. The molecule has 616 valence electrons. The van der Waals surface area contributed by atoms with Crippen molar-refractivity contribution in [2.45, 2.75) is 336 Å². The van der Waals surface area contributed by atoms with E-state index in [1.165, 1.54) is 27.7 Å². The van der Waals surface area contributed by atoms with Crippen molar-refractivity contribution < 1.29 is 182 Å². The summed E-state index contributed by atoms with van der Waals surface area (Å²) in [5.74, 6) is -9.03. The van der Waals surface area contributed by atoms with Gasteiger partial charge in [0.05, 0.1) is 22.7 Å². The van der Waals surface area contributed by atoms with Gasteiger partial charge in [0.2, 0.25) is 0 Å². The van der Waals surface area contributed by atoms with Gasteiger partial charge in [-0.3, -0.25) is 38.4 Å². The number of ether oxygens (including phenoxy) is 8. The van der Waals surface area contributed by atoms with Crippen LogP contribution >= 0.6 is 0 Å². The summed E-state index contributed by atoms with van der Waals surface area (Å²) in [5.41, 5.74) is -5.46. The van der Waals surface area contributed by atoms with Gasteiger partial charge in [-0.2, -0.15) is 105 Å². The lowest BCUT2D eigenvalue weighted by Gasteiger charge is -2.32. The molecule has 0 aromatic heterocycles. The summed E-state index contributed by atoms with van der Waals surface area (Å²) in [6.07, 6.45) is -62.3. The maximum Gasteiger partial charge on any atom is 0.434 e. The molecule has 0 rings (SSSR count). The summed E-state index contributed by atoms with van der Waals surface area (Å²) in [6, 6.07) is 0. The van der Waals surface area contributed by atoms with Gasteiger partial charge in [-0.15, -0.1) is 0 Å². The van der Waals surface area contributed by atoms with Gasteiger partial charge in [0.1, 0.15) is 22.4 Å². The van der Waals surface area contributed by atoms with Crippen molar-refractivity contribution in [2.75, 3.05) is 0 Å². The Bertz CT molecular complexity index is 2580. The Morgan fingerprint density at radius 3 is 0.692 bits per heavy atom. The number of rotatable bonds is 34. The second kappa shape index (κ2) is 42.0. The minimum Gasteiger partial charge on any atom is -0.459 e. The second-order valence-corrected chi connectivity index (χ2v) is 27.1. The fourth-order valence-electron chi connectivity index (χ4n) is 7.36. The van der Waals surface area contributed by atoms with Gasteiger partial charge in [0.15, 0.2) is 0 Å². The number of carbonyl (C=O) groups excluding carboxylic acids is 8. The van der Waals surface area contributed by atoms with Crippen molar-refractivity contribution in [2.24, 2.45) is 22.7 Å². The molecule has 4 unspecified atom stereocenters. The number of halogens is 24. The first-order valence-electron chi connectivity index (χ1n) is 32.4. The van der Waals surface area contributed by atoms with Crippen molar-refractivity contribution >= 4 is 47.8 Å². The number of carbonyl (C=O) groups is 8. The maximum absolute atomic E-state index is 12.4. The molecule has 0 aliphatic carbocycles. The lowest BCUT2D eigenvalue weighted by molar-refractivity contribution is -0.314. The zero-order chi connectivity index (χ0) is 83.5. The SMILES string of the molecule is CCC(C)(C)C(=O)OC(C)(C)CCCC(=O)OC(C(F)(F)F)C(F)(F)F.CCC(C)(CCCC(=O)OC(C(F)(F)F)C(F)(F)F)OC(=O)C(C)(C)CC.CCC(C)C(=O)OC(C)(C)CCCC(=O)OC(C(F)(F)F)C(F)(F)F.CCC(C)C(=O)OC(C)(CC)CCCC(=O)OC(C(F)(F)F)C(F)(F)F. The highest BCUT2D eigenvalue weighted by molar-refractivity contribution is 5.77. The van der Waals surface area contributed by atoms with Crippen LogP contribution in [-0.4, -0.2) is 144 Å². The number of alkyl halides is 24. The molecule has 0 heterocycles. The Morgan fingerprint density at radius 2 is 0.481 bits per heavy atom. The van der Waals surface area contributed by atoms with Crippen LogP contribution in [0.4, 0.5) is 105 Å². The van der Waals surface area contributed by atoms with Crippen LogP contribution in [0.3, 0.4) is 0 Å². The largest absolute Gasteiger partial charge is 0.459 e. The number of hydrogen-bond donors (Lipinski definition) is 0. The molecule has 0 N–H and O–H groups in total. The Hall–Kier alpha value is -5.92. The molecular weight excluding hydrogens is 1480 g/mol. The zero-order valence-corrected chi connectivity index (χ0v) is 60.8. The molecule has 0 bridgehead atoms. The molecule has 0 aliphatic rings. The maximum atomic E-state index is 12.4. The first-order chi connectivity index (χ1) is 46.2. The topological polar surface area (TPSA) is 210 Å². The van der Waals surface area contributed by atoms with E-state index in [1.54, 1.807) is 96.9 Å². The van der Waals surface area contributed by atoms with E-state index in [2.05, 4.69) is 18.9 Å². The van der Waals surface area contributed by atoms with E-state index < -0.39 is 180 Å². The van der Waals surface area contributed by atoms with Gasteiger partial charge in [0, 0.05) is 25.7 Å². The Labute approximate surface area is 587 Å². The predicted octanol–water partition coefficient (Wildman–Crippen LogP) is 19.8. The number of hydrogen-bond acceptors (Lipinski definition) is 16. The summed E-state index contributed by atoms with van der Waals surface area (Å²) in [5, 5.41) is 0. The molecule has 0 fully saturated rings. The molecule has 0 spiro atoms. The summed E-state index contributed by atoms with van der Waals surface area (Å²) >= 11 is 0. The Morgan fingerprint density at radius 1 is 0.279 bits per heavy atom. The van der Waals surface area contributed by atoms with E-state index in [4.69, 9.17) is 18.9 Å². The summed E-state index contributed by atoms with van der Waals surface area (Å²) in [7, 11) is 0. The molecule has 0 radical (unpaired) electrons. The standard InChI is InChI=1S/C17H26F6O4.2C16H24F6O4.C15H22F6O4/c1-6-14(3,4)13(25)27-15(5,7-2)10-8-9-11(24)26-12(16(18,19)20)17(21,22)23;1-6-13(2,3)12(24)26-14(4,5)9-7-8-10(23)25-11(15(17,18)19)16(20,21)22;1-5-10(3)12(24)26-14(4,6-2)9-7-8-11(23)25-13(15(17,18)19)16(20,21)22;1-5-9(2)11(23)25-13(3,4)8-6-7-10(22)24-12(14(16,17)18)15(19,20)21/h12H,6-10H2,1-5H3;11H,6-9H2,1-5H3;10,13H,5-9H2,1-4H3;9,12H,5-8H2,1-4H3. The van der Waals surface area contributed by atoms with Gasteiger partial charge in [-0.25, -0.2) is 0 Å². The summed E-state index contributed by atoms with van der Waals surface area (Å²) < 4.78 is 332. The third-order valence-corrected chi connectivity index (χ3v) is 15.7. The van der Waals surface area contributed by atoms with Gasteiger partial charge >= 0.3 is 97.2 Å². The number of esters is 8. The molecule has 0 aromatic carbocycles. The van der Waals surface area contributed by atoms with E-state index >= 15 is 0 Å². The van der Waals surface area contributed by atoms with Crippen LogP contribution in [0.15, 0.2) is 0 Å². The van der Waals surface area contributed by atoms with Crippen LogP contribution in [0.5, 0.6) is 0 Å². The van der Waals surface area contributed by atoms with Crippen LogP contribution in [0, 0.1) is 22.7 Å². The van der Waals surface area contributed by atoms with Crippen molar-refractivity contribution in [3.8, 4) is 0 Å². The molecule has 0 amide bonds. The molecular formula is C64H96F24O16. The summed E-state index contributed by atoms with van der Waals surface area (Å²) in [4.78, 5) is 93.1. The molecule has 104 heavy (non-hydrogen) atoms. The highest BCUT2D eigenvalue weighted by atomic mass is 19.4. The van der Waals surface area contributed by atoms with E-state index in [0.717, 1.165) is 0 Å². The second-order valence-electron chi connectivity index (χ2n) is 27.1. The quantitative estimate of drug-likeness (QED) is 0.0333. The van der Waals surface area contributed by atoms with E-state index in [0.29, 0.717) is 38.5 Å². The van der Waals surface area contributed by atoms with Crippen molar-refractivity contribution in [3.63, 3.8) is 0 Å². The lowest BCUT2D eigenvalue weighted by Crippen LogP contribution is -2.45. The van der Waals surface area contributed by atoms with Crippen LogP contribution in [0.1, 0.15) is 240 Å². The molecule has 0 saturated heterocycles. The van der Waals surface area contributed by atoms with Gasteiger partial charge in [-0.1, -0.05) is 55.4 Å². The first kappa shape index (κ1) is 104. The Balaban J connectivity index is -0.000000641.